The lowest BCUT2D eigenvalue weighted by Crippen LogP contribution is -2.00. The zero-order valence-electron chi connectivity index (χ0n) is 9.93. The zero-order valence-corrected chi connectivity index (χ0v) is 10.7. The molecule has 0 radical (unpaired) electrons. The third-order valence-electron chi connectivity index (χ3n) is 2.40. The Labute approximate surface area is 106 Å². The number of aromatic nitrogens is 2. The SMILES string of the molecule is CC(C)n1cc(OCc2cccc(Cl)c2)cn1. The van der Waals surface area contributed by atoms with E-state index in [2.05, 4.69) is 18.9 Å². The molecule has 0 fully saturated rings. The maximum Gasteiger partial charge on any atom is 0.157 e. The molecule has 0 aliphatic carbocycles. The van der Waals surface area contributed by atoms with Crippen molar-refractivity contribution >= 4 is 11.6 Å². The van der Waals surface area contributed by atoms with Gasteiger partial charge < -0.3 is 4.74 Å². The molecule has 0 atom stereocenters. The molecule has 1 aromatic heterocycles. The van der Waals surface area contributed by atoms with Crippen molar-refractivity contribution in [2.75, 3.05) is 0 Å². The molecule has 1 heterocycles. The first-order valence-electron chi connectivity index (χ1n) is 5.56. The van der Waals surface area contributed by atoms with Gasteiger partial charge in [0.25, 0.3) is 0 Å². The van der Waals surface area contributed by atoms with Crippen molar-refractivity contribution in [2.45, 2.75) is 26.5 Å². The van der Waals surface area contributed by atoms with Gasteiger partial charge in [0.15, 0.2) is 5.75 Å². The normalized spacial score (nSPS) is 10.8. The molecule has 3 nitrogen and oxygen atoms in total. The Balaban J connectivity index is 1.97. The number of halogens is 1. The van der Waals surface area contributed by atoms with Crippen LogP contribution in [0.1, 0.15) is 25.5 Å². The van der Waals surface area contributed by atoms with Crippen LogP contribution in [0.4, 0.5) is 0 Å². The molecule has 0 amide bonds. The van der Waals surface area contributed by atoms with Gasteiger partial charge in [-0.2, -0.15) is 5.10 Å². The van der Waals surface area contributed by atoms with Crippen LogP contribution >= 0.6 is 11.6 Å². The average molecular weight is 251 g/mol. The summed E-state index contributed by atoms with van der Waals surface area (Å²) < 4.78 is 7.50. The van der Waals surface area contributed by atoms with Crippen LogP contribution in [-0.2, 0) is 6.61 Å². The molecule has 0 spiro atoms. The molecule has 0 N–H and O–H groups in total. The summed E-state index contributed by atoms with van der Waals surface area (Å²) in [5.41, 5.74) is 1.05. The first-order valence-corrected chi connectivity index (χ1v) is 5.94. The van der Waals surface area contributed by atoms with Gasteiger partial charge in [-0.25, -0.2) is 0 Å². The van der Waals surface area contributed by atoms with Crippen molar-refractivity contribution < 1.29 is 4.74 Å². The minimum absolute atomic E-state index is 0.346. The highest BCUT2D eigenvalue weighted by molar-refractivity contribution is 6.30. The van der Waals surface area contributed by atoms with Crippen molar-refractivity contribution in [3.63, 3.8) is 0 Å². The van der Waals surface area contributed by atoms with Gasteiger partial charge in [-0.1, -0.05) is 23.7 Å². The van der Waals surface area contributed by atoms with Crippen LogP contribution in [0.15, 0.2) is 36.7 Å². The summed E-state index contributed by atoms with van der Waals surface area (Å²) in [6.45, 7) is 4.66. The predicted octanol–water partition coefficient (Wildman–Crippen LogP) is 3.70. The van der Waals surface area contributed by atoms with E-state index in [1.807, 2.05) is 35.1 Å². The van der Waals surface area contributed by atoms with Crippen molar-refractivity contribution in [2.24, 2.45) is 0 Å². The standard InChI is InChI=1S/C13H15ClN2O/c1-10(2)16-8-13(7-15-16)17-9-11-4-3-5-12(14)6-11/h3-8,10H,9H2,1-2H3. The number of nitrogens with zero attached hydrogens (tertiary/aromatic N) is 2. The van der Waals surface area contributed by atoms with Gasteiger partial charge in [0.05, 0.1) is 12.4 Å². The fourth-order valence-corrected chi connectivity index (χ4v) is 1.68. The summed E-state index contributed by atoms with van der Waals surface area (Å²) in [5, 5.41) is 4.94. The Morgan fingerprint density at radius 3 is 2.88 bits per heavy atom. The monoisotopic (exact) mass is 250 g/mol. The molecule has 0 saturated heterocycles. The molecular formula is C13H15ClN2O. The second-order valence-electron chi connectivity index (χ2n) is 4.17. The molecule has 0 aliphatic heterocycles. The third kappa shape index (κ3) is 3.24. The molecule has 2 aromatic rings. The summed E-state index contributed by atoms with van der Waals surface area (Å²) in [4.78, 5) is 0. The summed E-state index contributed by atoms with van der Waals surface area (Å²) in [6, 6.07) is 7.99. The van der Waals surface area contributed by atoms with Gasteiger partial charge in [0.1, 0.15) is 6.61 Å². The van der Waals surface area contributed by atoms with E-state index in [4.69, 9.17) is 16.3 Å². The summed E-state index contributed by atoms with van der Waals surface area (Å²) >= 11 is 5.90. The summed E-state index contributed by atoms with van der Waals surface area (Å²) in [6.07, 6.45) is 3.62. The van der Waals surface area contributed by atoms with E-state index in [9.17, 15) is 0 Å². The highest BCUT2D eigenvalue weighted by Gasteiger charge is 2.02. The third-order valence-corrected chi connectivity index (χ3v) is 2.64. The lowest BCUT2D eigenvalue weighted by atomic mass is 10.2. The van der Waals surface area contributed by atoms with E-state index in [1.165, 1.54) is 0 Å². The number of rotatable bonds is 4. The van der Waals surface area contributed by atoms with E-state index >= 15 is 0 Å². The zero-order chi connectivity index (χ0) is 12.3. The van der Waals surface area contributed by atoms with Crippen molar-refractivity contribution in [1.82, 2.24) is 9.78 Å². The quantitative estimate of drug-likeness (QED) is 0.827. The van der Waals surface area contributed by atoms with Crippen LogP contribution in [-0.4, -0.2) is 9.78 Å². The second-order valence-corrected chi connectivity index (χ2v) is 4.60. The number of ether oxygens (including phenoxy) is 1. The summed E-state index contributed by atoms with van der Waals surface area (Å²) in [5.74, 6) is 0.777. The molecule has 17 heavy (non-hydrogen) atoms. The molecule has 0 bridgehead atoms. The average Bonchev–Trinajstić information content (AvgIpc) is 2.75. The van der Waals surface area contributed by atoms with Crippen LogP contribution in [0, 0.1) is 0 Å². The first kappa shape index (κ1) is 12.0. The number of hydrogen-bond donors (Lipinski definition) is 0. The fraction of sp³-hybridized carbons (Fsp3) is 0.308. The molecule has 0 unspecified atom stereocenters. The Morgan fingerprint density at radius 2 is 2.24 bits per heavy atom. The Hall–Kier alpha value is -1.48. The van der Waals surface area contributed by atoms with Gasteiger partial charge >= 0.3 is 0 Å². The fourth-order valence-electron chi connectivity index (χ4n) is 1.47. The Morgan fingerprint density at radius 1 is 1.41 bits per heavy atom. The van der Waals surface area contributed by atoms with Crippen molar-refractivity contribution in [3.8, 4) is 5.75 Å². The number of hydrogen-bond acceptors (Lipinski definition) is 2. The molecule has 90 valence electrons. The van der Waals surface area contributed by atoms with Crippen LogP contribution in [0.2, 0.25) is 5.02 Å². The van der Waals surface area contributed by atoms with Crippen LogP contribution in [0.5, 0.6) is 5.75 Å². The van der Waals surface area contributed by atoms with Crippen LogP contribution in [0.3, 0.4) is 0 Å². The van der Waals surface area contributed by atoms with Crippen molar-refractivity contribution in [1.29, 1.82) is 0 Å². The molecule has 1 aromatic carbocycles. The van der Waals surface area contributed by atoms with Gasteiger partial charge in [-0.05, 0) is 31.5 Å². The minimum Gasteiger partial charge on any atom is -0.486 e. The predicted molar refractivity (Wildman–Crippen MR) is 68.4 cm³/mol. The summed E-state index contributed by atoms with van der Waals surface area (Å²) in [7, 11) is 0. The Bertz CT molecular complexity index is 494. The minimum atomic E-state index is 0.346. The van der Waals surface area contributed by atoms with Crippen LogP contribution < -0.4 is 4.74 Å². The maximum absolute atomic E-state index is 5.90. The van der Waals surface area contributed by atoms with Gasteiger partial charge in [0, 0.05) is 11.1 Å². The molecule has 2 rings (SSSR count). The molecular weight excluding hydrogens is 236 g/mol. The number of benzene rings is 1. The van der Waals surface area contributed by atoms with E-state index < -0.39 is 0 Å². The maximum atomic E-state index is 5.90. The Kier molecular flexibility index (Phi) is 3.69. The van der Waals surface area contributed by atoms with Crippen molar-refractivity contribution in [3.05, 3.63) is 47.2 Å². The molecule has 0 saturated carbocycles. The topological polar surface area (TPSA) is 27.1 Å². The second kappa shape index (κ2) is 5.23. The highest BCUT2D eigenvalue weighted by atomic mass is 35.5. The van der Waals surface area contributed by atoms with Gasteiger partial charge in [-0.15, -0.1) is 0 Å². The smallest absolute Gasteiger partial charge is 0.157 e. The largest absolute Gasteiger partial charge is 0.486 e. The van der Waals surface area contributed by atoms with Gasteiger partial charge in [0.2, 0.25) is 0 Å². The van der Waals surface area contributed by atoms with E-state index in [-0.39, 0.29) is 0 Å². The highest BCUT2D eigenvalue weighted by Crippen LogP contribution is 2.16. The first-order chi connectivity index (χ1) is 8.15. The van der Waals surface area contributed by atoms with E-state index in [0.717, 1.165) is 16.3 Å². The molecule has 0 aliphatic rings. The lowest BCUT2D eigenvalue weighted by Gasteiger charge is -2.05. The van der Waals surface area contributed by atoms with Gasteiger partial charge in [-0.3, -0.25) is 4.68 Å². The lowest BCUT2D eigenvalue weighted by molar-refractivity contribution is 0.305. The van der Waals surface area contributed by atoms with Crippen LogP contribution in [0.25, 0.3) is 0 Å². The molecule has 4 heteroatoms. The van der Waals surface area contributed by atoms with E-state index in [1.54, 1.807) is 6.20 Å². The van der Waals surface area contributed by atoms with E-state index in [0.29, 0.717) is 12.6 Å².